The van der Waals surface area contributed by atoms with Gasteiger partial charge < -0.3 is 19.1 Å². The molecule has 11 rings (SSSR count). The van der Waals surface area contributed by atoms with E-state index in [0.29, 0.717) is 18.9 Å². The Morgan fingerprint density at radius 3 is 1.45 bits per heavy atom. The first-order valence-electron chi connectivity index (χ1n) is 21.4. The summed E-state index contributed by atoms with van der Waals surface area (Å²) in [6.07, 6.45) is 1.09. The monoisotopic (exact) mass is 1130 g/mol. The maximum absolute atomic E-state index is 11.6. The molecule has 0 fully saturated rings. The van der Waals surface area contributed by atoms with Crippen molar-refractivity contribution in [2.45, 2.75) is 21.3 Å². The molecule has 0 atom stereocenters. The minimum atomic E-state index is -3.50. The number of benzene rings is 8. The second kappa shape index (κ2) is 21.8. The van der Waals surface area contributed by atoms with Gasteiger partial charge in [0.15, 0.2) is 0 Å². The zero-order valence-electron chi connectivity index (χ0n) is 37.7. The Bertz CT molecular complexity index is 3390. The molecule has 0 radical (unpaired) electrons. The van der Waals surface area contributed by atoms with E-state index in [-0.39, 0.29) is 27.5 Å². The number of sulfonamides is 1. The third-order valence-corrected chi connectivity index (χ3v) is 12.0. The van der Waals surface area contributed by atoms with Gasteiger partial charge in [0.1, 0.15) is 27.1 Å². The first kappa shape index (κ1) is 49.7. The molecule has 3 aromatic heterocycles. The van der Waals surface area contributed by atoms with E-state index in [2.05, 4.69) is 42.2 Å². The smallest absolute Gasteiger partial charge is 0.576 e. The van der Waals surface area contributed by atoms with Crippen molar-refractivity contribution in [3.63, 3.8) is 0 Å². The van der Waals surface area contributed by atoms with Gasteiger partial charge in [-0.2, -0.15) is 42.1 Å². The largest absolute Gasteiger partial charge is 3.00 e. The molecule has 350 valence electrons. The summed E-state index contributed by atoms with van der Waals surface area (Å²) in [6.45, 7) is 5.21. The van der Waals surface area contributed by atoms with E-state index in [9.17, 15) is 8.42 Å². The molecule has 0 amide bonds. The molecule has 69 heavy (non-hydrogen) atoms. The van der Waals surface area contributed by atoms with E-state index in [1.807, 2.05) is 178 Å². The van der Waals surface area contributed by atoms with E-state index in [0.717, 1.165) is 99.2 Å². The van der Waals surface area contributed by atoms with Crippen LogP contribution in [0.5, 0.6) is 11.5 Å². The van der Waals surface area contributed by atoms with Crippen LogP contribution in [0.4, 0.5) is 11.4 Å². The van der Waals surface area contributed by atoms with Crippen LogP contribution in [0.1, 0.15) is 21.3 Å². The van der Waals surface area contributed by atoms with E-state index in [1.165, 1.54) is 11.3 Å². The maximum atomic E-state index is 11.6. The van der Waals surface area contributed by atoms with Gasteiger partial charge in [-0.15, -0.1) is 41.3 Å². The number of fused-ring (bicyclic) bond motifs is 5. The van der Waals surface area contributed by atoms with Crippen LogP contribution in [0, 0.1) is 12.1 Å². The number of para-hydroxylation sites is 1. The van der Waals surface area contributed by atoms with Gasteiger partial charge in [-0.1, -0.05) is 114 Å². The third kappa shape index (κ3) is 11.1. The zero-order chi connectivity index (χ0) is 46.5. The summed E-state index contributed by atoms with van der Waals surface area (Å²) < 4.78 is 39.6. The summed E-state index contributed by atoms with van der Waals surface area (Å²) in [5, 5.41) is 23.1. The Kier molecular flexibility index (Phi) is 15.7. The number of nitrogens with zero attached hydrogens (tertiary/aromatic N) is 9. The summed E-state index contributed by atoms with van der Waals surface area (Å²) in [5.74, 6) is 1.66. The van der Waals surface area contributed by atoms with Crippen molar-refractivity contribution in [2.75, 3.05) is 38.5 Å². The second-order valence-electron chi connectivity index (χ2n) is 15.3. The van der Waals surface area contributed by atoms with Crippen LogP contribution in [-0.2, 0) is 30.1 Å². The number of hydrogen-bond donors (Lipinski definition) is 0. The molecule has 13 nitrogen and oxygen atoms in total. The Hall–Kier alpha value is -7.23. The molecule has 3 heterocycles. The first-order chi connectivity index (χ1) is 32.6. The minimum absolute atomic E-state index is 0. The van der Waals surface area contributed by atoms with Crippen LogP contribution in [0.15, 0.2) is 152 Å². The molecule has 0 saturated carbocycles. The summed E-state index contributed by atoms with van der Waals surface area (Å²) >= 11 is 1.53. The van der Waals surface area contributed by atoms with E-state index < -0.39 is 10.0 Å². The van der Waals surface area contributed by atoms with Gasteiger partial charge in [0.05, 0.1) is 33.5 Å². The van der Waals surface area contributed by atoms with Crippen molar-refractivity contribution in [3.05, 3.63) is 169 Å². The Balaban J connectivity index is 0.000000151. The predicted octanol–water partition coefficient (Wildman–Crippen LogP) is 12.2. The summed E-state index contributed by atoms with van der Waals surface area (Å²) in [4.78, 5) is 9.79. The van der Waals surface area contributed by atoms with Crippen LogP contribution in [-0.4, -0.2) is 77.0 Å². The molecule has 0 N–H and O–H groups in total. The fraction of sp³-hybridized carbons (Fsp3) is 0.151. The fourth-order valence-corrected chi connectivity index (χ4v) is 8.92. The van der Waals surface area contributed by atoms with E-state index in [4.69, 9.17) is 9.47 Å². The van der Waals surface area contributed by atoms with Crippen molar-refractivity contribution < 1.29 is 38.0 Å². The quantitative estimate of drug-likeness (QED) is 0.121. The molecular weight excluding hydrogens is 1080 g/mol. The summed E-state index contributed by atoms with van der Waals surface area (Å²) in [5.41, 5.74) is 8.06. The van der Waals surface area contributed by atoms with Gasteiger partial charge in [-0.25, -0.2) is 13.4 Å². The topological polar surface area (TPSA) is 144 Å². The summed E-state index contributed by atoms with van der Waals surface area (Å²) in [7, 11) is 0.303. The Labute approximate surface area is 418 Å². The molecule has 16 heteroatoms. The molecule has 0 saturated heterocycles. The van der Waals surface area contributed by atoms with Crippen LogP contribution >= 0.6 is 11.3 Å². The Morgan fingerprint density at radius 2 is 1.03 bits per heavy atom. The van der Waals surface area contributed by atoms with Crippen molar-refractivity contribution in [1.82, 2.24) is 35.0 Å². The van der Waals surface area contributed by atoms with Gasteiger partial charge in [-0.3, -0.25) is 0 Å². The van der Waals surface area contributed by atoms with Gasteiger partial charge in [0.2, 0.25) is 0 Å². The molecular formula is C53H48IrN9O4S2. The second-order valence-corrected chi connectivity index (χ2v) is 18.0. The van der Waals surface area contributed by atoms with Crippen LogP contribution < -0.4 is 14.4 Å². The molecule has 11 aromatic rings. The average Bonchev–Trinajstić information content (AvgIpc) is 4.09. The SMILES string of the molecule is C.CCOc1c[c-]c(-n2nc3ccccc3n2)c2ccccc12.CCOc1c[c-]c(-n2nc3ccccc3n2)c2ccccc12.CN(C)c1ccc(-c2nc3ccccc3s2)c([N-]S(C)(=O)=O)c1.[Ir+3]. The Morgan fingerprint density at radius 1 is 0.609 bits per heavy atom. The third-order valence-electron chi connectivity index (χ3n) is 10.4. The standard InChI is InChI=1S/2C18H14N3O.C16H16N3O2S2.CH4.Ir/c2*1-2-22-18-12-11-17(13-7-3-4-8-14(13)18)21-19-15-9-5-6-10-16(15)20-21;1-19(2)11-8-9-12(14(10-11)18-23(3,20)21)16-17-13-6-4-5-7-15(13)22-16;;/h2*3-10,12H,2H2,1H3;4-10H,1-3H3;1H4;/q3*-1;;+3. The van der Waals surface area contributed by atoms with E-state index >= 15 is 0 Å². The average molecular weight is 1130 g/mol. The number of ether oxygens (including phenoxy) is 2. The predicted molar refractivity (Wildman–Crippen MR) is 277 cm³/mol. The minimum Gasteiger partial charge on any atom is -0.576 e. The van der Waals surface area contributed by atoms with Gasteiger partial charge >= 0.3 is 20.1 Å². The molecule has 0 aliphatic heterocycles. The number of thiazole rings is 1. The molecule has 0 bridgehead atoms. The molecule has 8 aromatic carbocycles. The van der Waals surface area contributed by atoms with Crippen LogP contribution in [0.3, 0.4) is 0 Å². The van der Waals surface area contributed by atoms with Crippen molar-refractivity contribution in [2.24, 2.45) is 0 Å². The van der Waals surface area contributed by atoms with Gasteiger partial charge in [0.25, 0.3) is 0 Å². The summed E-state index contributed by atoms with van der Waals surface area (Å²) in [6, 6.07) is 55.4. The molecule has 0 aliphatic rings. The van der Waals surface area contributed by atoms with Crippen LogP contribution in [0.2, 0.25) is 0 Å². The molecule has 0 aliphatic carbocycles. The van der Waals surface area contributed by atoms with Crippen molar-refractivity contribution >= 4 is 86.6 Å². The number of anilines is 1. The van der Waals surface area contributed by atoms with Gasteiger partial charge in [0, 0.05) is 37.5 Å². The normalized spacial score (nSPS) is 11.0. The maximum Gasteiger partial charge on any atom is 3.00 e. The number of hydrogen-bond acceptors (Lipinski definition) is 11. The van der Waals surface area contributed by atoms with Crippen molar-refractivity contribution in [1.29, 1.82) is 0 Å². The fourth-order valence-electron chi connectivity index (χ4n) is 7.41. The number of aromatic nitrogens is 7. The van der Waals surface area contributed by atoms with Crippen LogP contribution in [0.25, 0.3) is 80.5 Å². The zero-order valence-corrected chi connectivity index (χ0v) is 41.7. The number of rotatable bonds is 10. The van der Waals surface area contributed by atoms with Crippen molar-refractivity contribution in [3.8, 4) is 33.4 Å². The first-order valence-corrected chi connectivity index (χ1v) is 24.1. The molecule has 0 unspecified atom stereocenters. The van der Waals surface area contributed by atoms with Gasteiger partial charge in [-0.05, 0) is 73.3 Å². The molecule has 0 spiro atoms. The van der Waals surface area contributed by atoms with E-state index in [1.54, 1.807) is 15.7 Å².